The second-order valence-corrected chi connectivity index (χ2v) is 5.85. The summed E-state index contributed by atoms with van der Waals surface area (Å²) in [5.74, 6) is -0.667. The topological polar surface area (TPSA) is 83.2 Å². The van der Waals surface area contributed by atoms with Gasteiger partial charge < -0.3 is 20.4 Å². The van der Waals surface area contributed by atoms with Gasteiger partial charge in [0.25, 0.3) is 11.8 Å². The number of rotatable bonds is 6. The smallest absolute Gasteiger partial charge is 0.267 e. The monoisotopic (exact) mass is 339 g/mol. The zero-order valence-electron chi connectivity index (χ0n) is 13.8. The highest BCUT2D eigenvalue weighted by Gasteiger charge is 2.19. The van der Waals surface area contributed by atoms with Crippen LogP contribution in [0.4, 0.5) is 0 Å². The third-order valence-corrected chi connectivity index (χ3v) is 3.96. The van der Waals surface area contributed by atoms with E-state index in [4.69, 9.17) is 4.74 Å². The molecule has 0 radical (unpaired) electrons. The fourth-order valence-electron chi connectivity index (χ4n) is 2.64. The van der Waals surface area contributed by atoms with Crippen LogP contribution in [0.2, 0.25) is 0 Å². The first-order chi connectivity index (χ1) is 12.2. The predicted octanol–water partition coefficient (Wildman–Crippen LogP) is 2.08. The molecule has 2 heterocycles. The first-order valence-corrected chi connectivity index (χ1v) is 8.33. The Balaban J connectivity index is 1.70. The van der Waals surface area contributed by atoms with Crippen molar-refractivity contribution >= 4 is 17.9 Å². The number of benzene rings is 1. The summed E-state index contributed by atoms with van der Waals surface area (Å²) in [5.41, 5.74) is 1.41. The van der Waals surface area contributed by atoms with Crippen LogP contribution in [0.15, 0.2) is 54.4 Å². The predicted molar refractivity (Wildman–Crippen MR) is 94.7 cm³/mol. The van der Waals surface area contributed by atoms with Gasteiger partial charge in [-0.15, -0.1) is 0 Å². The third-order valence-electron chi connectivity index (χ3n) is 3.96. The maximum atomic E-state index is 12.5. The number of hydrogen-bond acceptors (Lipinski definition) is 3. The van der Waals surface area contributed by atoms with Gasteiger partial charge in [-0.1, -0.05) is 18.2 Å². The van der Waals surface area contributed by atoms with Crippen molar-refractivity contribution in [3.8, 4) is 0 Å². The van der Waals surface area contributed by atoms with Crippen LogP contribution < -0.4 is 10.6 Å². The number of H-pyrrole nitrogens is 1. The molecular weight excluding hydrogens is 318 g/mol. The lowest BCUT2D eigenvalue weighted by molar-refractivity contribution is -0.118. The van der Waals surface area contributed by atoms with Crippen molar-refractivity contribution in [2.75, 3.05) is 13.2 Å². The van der Waals surface area contributed by atoms with E-state index in [1.165, 1.54) is 0 Å². The summed E-state index contributed by atoms with van der Waals surface area (Å²) >= 11 is 0. The molecule has 2 amide bonds. The molecule has 25 heavy (non-hydrogen) atoms. The normalized spacial score (nSPS) is 17.3. The minimum absolute atomic E-state index is 0.0421. The lowest BCUT2D eigenvalue weighted by atomic mass is 10.2. The molecule has 0 bridgehead atoms. The van der Waals surface area contributed by atoms with Gasteiger partial charge in [0.05, 0.1) is 6.10 Å². The first-order valence-electron chi connectivity index (χ1n) is 8.33. The number of aromatic nitrogens is 1. The van der Waals surface area contributed by atoms with Crippen LogP contribution >= 0.6 is 0 Å². The number of nitrogens with one attached hydrogen (secondary N) is 3. The lowest BCUT2D eigenvalue weighted by Gasteiger charge is -2.13. The van der Waals surface area contributed by atoms with Crippen molar-refractivity contribution in [3.63, 3.8) is 0 Å². The van der Waals surface area contributed by atoms with E-state index >= 15 is 0 Å². The van der Waals surface area contributed by atoms with Crippen molar-refractivity contribution < 1.29 is 14.3 Å². The van der Waals surface area contributed by atoms with Crippen LogP contribution in [0, 0.1) is 0 Å². The maximum Gasteiger partial charge on any atom is 0.267 e. The number of carbonyl (C=O) groups excluding carboxylic acids is 2. The Hall–Kier alpha value is -2.86. The minimum Gasteiger partial charge on any atom is -0.376 e. The number of ether oxygens (including phenoxy) is 1. The van der Waals surface area contributed by atoms with E-state index in [9.17, 15) is 9.59 Å². The lowest BCUT2D eigenvalue weighted by Crippen LogP contribution is -2.38. The second kappa shape index (κ2) is 8.30. The van der Waals surface area contributed by atoms with E-state index in [1.54, 1.807) is 36.5 Å². The Morgan fingerprint density at radius 1 is 1.20 bits per heavy atom. The van der Waals surface area contributed by atoms with Crippen LogP contribution in [-0.2, 0) is 9.53 Å². The molecule has 3 rings (SSSR count). The molecule has 6 nitrogen and oxygen atoms in total. The Bertz CT molecular complexity index is 733. The molecule has 1 aliphatic heterocycles. The molecule has 1 atom stereocenters. The zero-order valence-corrected chi connectivity index (χ0v) is 13.8. The second-order valence-electron chi connectivity index (χ2n) is 5.85. The molecule has 6 heteroatoms. The molecule has 1 aromatic carbocycles. The fourth-order valence-corrected chi connectivity index (χ4v) is 2.64. The fraction of sp³-hybridized carbons (Fsp3) is 0.263. The molecular formula is C19H21N3O3. The molecule has 0 aliphatic carbocycles. The van der Waals surface area contributed by atoms with Gasteiger partial charge >= 0.3 is 0 Å². The van der Waals surface area contributed by atoms with Crippen molar-refractivity contribution in [1.82, 2.24) is 15.6 Å². The average Bonchev–Trinajstić information content (AvgIpc) is 3.33. The molecule has 3 N–H and O–H groups in total. The molecule has 130 valence electrons. The van der Waals surface area contributed by atoms with Gasteiger partial charge in [0.15, 0.2) is 0 Å². The van der Waals surface area contributed by atoms with E-state index in [2.05, 4.69) is 15.6 Å². The third kappa shape index (κ3) is 4.81. The Labute approximate surface area is 146 Å². The average molecular weight is 339 g/mol. The molecule has 1 saturated heterocycles. The maximum absolute atomic E-state index is 12.5. The van der Waals surface area contributed by atoms with E-state index in [0.29, 0.717) is 12.1 Å². The van der Waals surface area contributed by atoms with Crippen molar-refractivity contribution in [3.05, 3.63) is 65.6 Å². The molecule has 2 aromatic rings. The van der Waals surface area contributed by atoms with E-state index < -0.39 is 0 Å². The quantitative estimate of drug-likeness (QED) is 0.705. The largest absolute Gasteiger partial charge is 0.376 e. The highest BCUT2D eigenvalue weighted by Crippen LogP contribution is 2.11. The van der Waals surface area contributed by atoms with E-state index in [0.717, 1.165) is 25.1 Å². The van der Waals surface area contributed by atoms with Gasteiger partial charge in [-0.25, -0.2) is 0 Å². The van der Waals surface area contributed by atoms with Gasteiger partial charge in [0.1, 0.15) is 5.70 Å². The summed E-state index contributed by atoms with van der Waals surface area (Å²) in [7, 11) is 0. The summed E-state index contributed by atoms with van der Waals surface area (Å²) in [6.07, 6.45) is 5.36. The van der Waals surface area contributed by atoms with Gasteiger partial charge in [-0.2, -0.15) is 0 Å². The van der Waals surface area contributed by atoms with E-state index in [-0.39, 0.29) is 23.6 Å². The standard InChI is InChI=1S/C19H21N3O3/c23-18(14-6-2-1-3-7-14)22-17(12-15-8-4-10-20-15)19(24)21-13-16-9-5-11-25-16/h1-4,6-8,10,12,16,20H,5,9,11,13H2,(H,21,24)(H,22,23)/b17-12-/t16-/m0/s1. The highest BCUT2D eigenvalue weighted by molar-refractivity contribution is 6.05. The van der Waals surface area contributed by atoms with Crippen LogP contribution in [0.5, 0.6) is 0 Å². The summed E-state index contributed by atoms with van der Waals surface area (Å²) in [6, 6.07) is 12.4. The first kappa shape index (κ1) is 17.0. The summed E-state index contributed by atoms with van der Waals surface area (Å²) in [4.78, 5) is 27.9. The highest BCUT2D eigenvalue weighted by atomic mass is 16.5. The van der Waals surface area contributed by atoms with Crippen LogP contribution in [0.25, 0.3) is 6.08 Å². The molecule has 1 aliphatic rings. The number of amides is 2. The Morgan fingerprint density at radius 2 is 2.04 bits per heavy atom. The van der Waals surface area contributed by atoms with Gasteiger partial charge in [0, 0.05) is 30.6 Å². The van der Waals surface area contributed by atoms with Gasteiger partial charge in [-0.3, -0.25) is 9.59 Å². The zero-order chi connectivity index (χ0) is 17.5. The van der Waals surface area contributed by atoms with Crippen molar-refractivity contribution in [2.24, 2.45) is 0 Å². The van der Waals surface area contributed by atoms with Gasteiger partial charge in [-0.05, 0) is 43.2 Å². The number of aromatic amines is 1. The molecule has 0 unspecified atom stereocenters. The van der Waals surface area contributed by atoms with Gasteiger partial charge in [0.2, 0.25) is 0 Å². The molecule has 1 fully saturated rings. The van der Waals surface area contributed by atoms with E-state index in [1.807, 2.05) is 18.2 Å². The van der Waals surface area contributed by atoms with Crippen molar-refractivity contribution in [1.29, 1.82) is 0 Å². The summed E-state index contributed by atoms with van der Waals surface area (Å²) in [6.45, 7) is 1.17. The molecule has 1 aromatic heterocycles. The van der Waals surface area contributed by atoms with Crippen LogP contribution in [-0.4, -0.2) is 36.1 Å². The van der Waals surface area contributed by atoms with Crippen LogP contribution in [0.1, 0.15) is 28.9 Å². The Kier molecular flexibility index (Phi) is 5.64. The van der Waals surface area contributed by atoms with Crippen molar-refractivity contribution in [2.45, 2.75) is 18.9 Å². The number of carbonyl (C=O) groups is 2. The SMILES string of the molecule is O=C(NC[C@@H]1CCCO1)/C(=C/c1ccc[nH]1)NC(=O)c1ccccc1. The number of hydrogen-bond donors (Lipinski definition) is 3. The summed E-state index contributed by atoms with van der Waals surface area (Å²) < 4.78 is 5.51. The molecule has 0 saturated carbocycles. The Morgan fingerprint density at radius 3 is 2.72 bits per heavy atom. The minimum atomic E-state index is -0.339. The summed E-state index contributed by atoms with van der Waals surface area (Å²) in [5, 5.41) is 5.53. The van der Waals surface area contributed by atoms with Crippen LogP contribution in [0.3, 0.4) is 0 Å². The molecule has 0 spiro atoms.